The maximum atomic E-state index is 12.8. The summed E-state index contributed by atoms with van der Waals surface area (Å²) in [6.07, 6.45) is -0.787. The van der Waals surface area contributed by atoms with Gasteiger partial charge in [0.15, 0.2) is 0 Å². The fourth-order valence-electron chi connectivity index (χ4n) is 1.61. The quantitative estimate of drug-likeness (QED) is 0.611. The minimum absolute atomic E-state index is 0.159. The zero-order valence-corrected chi connectivity index (χ0v) is 11.7. The van der Waals surface area contributed by atoms with Crippen LogP contribution in [-0.2, 0) is 9.53 Å². The summed E-state index contributed by atoms with van der Waals surface area (Å²) in [7, 11) is 1.56. The zero-order valence-electron chi connectivity index (χ0n) is 11.7. The van der Waals surface area contributed by atoms with Gasteiger partial charge in [0.2, 0.25) is 5.91 Å². The Morgan fingerprint density at radius 1 is 1.40 bits per heavy atom. The largest absolute Gasteiger partial charge is 0.387 e. The Hall–Kier alpha value is -1.50. The van der Waals surface area contributed by atoms with Crippen molar-refractivity contribution in [2.75, 3.05) is 26.8 Å². The van der Waals surface area contributed by atoms with Gasteiger partial charge in [0.1, 0.15) is 5.82 Å². The standard InChI is InChI=1S/C14H21FN2O3/c1-10(14(19)16-7-8-20-2)17-9-13(18)11-3-5-12(15)6-4-11/h3-6,10,13,17-18H,7-9H2,1-2H3,(H,16,19). The first-order valence-electron chi connectivity index (χ1n) is 6.48. The minimum atomic E-state index is -0.787. The Morgan fingerprint density at radius 3 is 2.65 bits per heavy atom. The fourth-order valence-corrected chi connectivity index (χ4v) is 1.61. The van der Waals surface area contributed by atoms with E-state index in [0.717, 1.165) is 0 Å². The van der Waals surface area contributed by atoms with E-state index in [1.165, 1.54) is 24.3 Å². The van der Waals surface area contributed by atoms with Gasteiger partial charge in [-0.1, -0.05) is 12.1 Å². The van der Waals surface area contributed by atoms with Gasteiger partial charge in [0.05, 0.1) is 18.8 Å². The van der Waals surface area contributed by atoms with Crippen LogP contribution in [0.5, 0.6) is 0 Å². The number of methoxy groups -OCH3 is 1. The van der Waals surface area contributed by atoms with Crippen LogP contribution >= 0.6 is 0 Å². The second kappa shape index (κ2) is 8.63. The third-order valence-electron chi connectivity index (χ3n) is 2.87. The first-order valence-corrected chi connectivity index (χ1v) is 6.48. The Labute approximate surface area is 118 Å². The van der Waals surface area contributed by atoms with Gasteiger partial charge in [-0.3, -0.25) is 4.79 Å². The third-order valence-corrected chi connectivity index (χ3v) is 2.87. The second-order valence-corrected chi connectivity index (χ2v) is 4.48. The molecule has 2 atom stereocenters. The topological polar surface area (TPSA) is 70.6 Å². The monoisotopic (exact) mass is 284 g/mol. The summed E-state index contributed by atoms with van der Waals surface area (Å²) in [6, 6.07) is 5.19. The summed E-state index contributed by atoms with van der Waals surface area (Å²) in [4.78, 5) is 11.7. The van der Waals surface area contributed by atoms with Crippen molar-refractivity contribution >= 4 is 5.91 Å². The van der Waals surface area contributed by atoms with E-state index in [0.29, 0.717) is 18.7 Å². The molecule has 0 aliphatic carbocycles. The van der Waals surface area contributed by atoms with Crippen LogP contribution in [0.1, 0.15) is 18.6 Å². The Morgan fingerprint density at radius 2 is 2.05 bits per heavy atom. The van der Waals surface area contributed by atoms with Crippen molar-refractivity contribution in [1.29, 1.82) is 0 Å². The van der Waals surface area contributed by atoms with Gasteiger partial charge in [-0.25, -0.2) is 4.39 Å². The van der Waals surface area contributed by atoms with E-state index in [4.69, 9.17) is 4.74 Å². The van der Waals surface area contributed by atoms with Crippen molar-refractivity contribution in [2.24, 2.45) is 0 Å². The van der Waals surface area contributed by atoms with Crippen molar-refractivity contribution in [3.63, 3.8) is 0 Å². The maximum absolute atomic E-state index is 12.8. The van der Waals surface area contributed by atoms with Gasteiger partial charge in [0.25, 0.3) is 0 Å². The average molecular weight is 284 g/mol. The summed E-state index contributed by atoms with van der Waals surface area (Å²) in [5, 5.41) is 15.5. The van der Waals surface area contributed by atoms with Crippen LogP contribution in [0.2, 0.25) is 0 Å². The highest BCUT2D eigenvalue weighted by atomic mass is 19.1. The van der Waals surface area contributed by atoms with E-state index < -0.39 is 12.1 Å². The van der Waals surface area contributed by atoms with Crippen LogP contribution < -0.4 is 10.6 Å². The van der Waals surface area contributed by atoms with Gasteiger partial charge in [0, 0.05) is 20.2 Å². The molecule has 20 heavy (non-hydrogen) atoms. The molecule has 0 saturated carbocycles. The Balaban J connectivity index is 2.34. The molecule has 1 amide bonds. The number of ether oxygens (including phenoxy) is 1. The number of aliphatic hydroxyl groups is 1. The van der Waals surface area contributed by atoms with Crippen molar-refractivity contribution in [3.8, 4) is 0 Å². The van der Waals surface area contributed by atoms with Gasteiger partial charge < -0.3 is 20.5 Å². The van der Waals surface area contributed by atoms with Crippen LogP contribution in [0.3, 0.4) is 0 Å². The second-order valence-electron chi connectivity index (χ2n) is 4.48. The van der Waals surface area contributed by atoms with Crippen molar-refractivity contribution in [2.45, 2.75) is 19.1 Å². The molecule has 1 rings (SSSR count). The first-order chi connectivity index (χ1) is 9.54. The SMILES string of the molecule is COCCNC(=O)C(C)NCC(O)c1ccc(F)cc1. The lowest BCUT2D eigenvalue weighted by Crippen LogP contribution is -2.44. The molecule has 1 aromatic rings. The van der Waals surface area contributed by atoms with Crippen LogP contribution in [0.4, 0.5) is 4.39 Å². The third kappa shape index (κ3) is 5.64. The lowest BCUT2D eigenvalue weighted by molar-refractivity contribution is -0.123. The van der Waals surface area contributed by atoms with E-state index in [2.05, 4.69) is 10.6 Å². The molecule has 0 aliphatic rings. The number of aliphatic hydroxyl groups excluding tert-OH is 1. The summed E-state index contributed by atoms with van der Waals surface area (Å²) >= 11 is 0. The molecule has 1 aromatic carbocycles. The van der Waals surface area contributed by atoms with Gasteiger partial charge in [-0.15, -0.1) is 0 Å². The molecule has 112 valence electrons. The number of nitrogens with one attached hydrogen (secondary N) is 2. The van der Waals surface area contributed by atoms with Crippen molar-refractivity contribution < 1.29 is 19.0 Å². The van der Waals surface area contributed by atoms with Gasteiger partial charge in [-0.2, -0.15) is 0 Å². The minimum Gasteiger partial charge on any atom is -0.387 e. The molecule has 0 heterocycles. The number of hydrogen-bond donors (Lipinski definition) is 3. The van der Waals surface area contributed by atoms with Gasteiger partial charge >= 0.3 is 0 Å². The zero-order chi connectivity index (χ0) is 15.0. The highest BCUT2D eigenvalue weighted by Gasteiger charge is 2.14. The van der Waals surface area contributed by atoms with Gasteiger partial charge in [-0.05, 0) is 24.6 Å². The number of carbonyl (C=O) groups excluding carboxylic acids is 1. The summed E-state index contributed by atoms with van der Waals surface area (Å²) in [5.41, 5.74) is 0.603. The Kier molecular flexibility index (Phi) is 7.14. The summed E-state index contributed by atoms with van der Waals surface area (Å²) in [5.74, 6) is -0.506. The number of rotatable bonds is 8. The van der Waals surface area contributed by atoms with E-state index >= 15 is 0 Å². The van der Waals surface area contributed by atoms with Crippen LogP contribution in [0, 0.1) is 5.82 Å². The molecule has 0 fully saturated rings. The Bertz CT molecular complexity index is 411. The normalized spacial score (nSPS) is 13.8. The molecule has 6 heteroatoms. The smallest absolute Gasteiger partial charge is 0.236 e. The molecule has 0 aromatic heterocycles. The molecular weight excluding hydrogens is 263 g/mol. The fraction of sp³-hybridized carbons (Fsp3) is 0.500. The number of benzene rings is 1. The lowest BCUT2D eigenvalue weighted by atomic mass is 10.1. The highest BCUT2D eigenvalue weighted by molar-refractivity contribution is 5.81. The van der Waals surface area contributed by atoms with Crippen LogP contribution in [-0.4, -0.2) is 43.9 Å². The lowest BCUT2D eigenvalue weighted by Gasteiger charge is -2.17. The molecule has 0 radical (unpaired) electrons. The van der Waals surface area contributed by atoms with Crippen molar-refractivity contribution in [3.05, 3.63) is 35.6 Å². The number of carbonyl (C=O) groups is 1. The van der Waals surface area contributed by atoms with E-state index in [-0.39, 0.29) is 18.3 Å². The predicted octanol–water partition coefficient (Wildman–Crippen LogP) is 0.600. The molecule has 0 aliphatic heterocycles. The average Bonchev–Trinajstić information content (AvgIpc) is 2.45. The van der Waals surface area contributed by atoms with Crippen LogP contribution in [0.25, 0.3) is 0 Å². The van der Waals surface area contributed by atoms with Crippen molar-refractivity contribution in [1.82, 2.24) is 10.6 Å². The molecule has 0 bridgehead atoms. The molecule has 0 saturated heterocycles. The maximum Gasteiger partial charge on any atom is 0.236 e. The van der Waals surface area contributed by atoms with E-state index in [9.17, 15) is 14.3 Å². The predicted molar refractivity (Wildman–Crippen MR) is 73.7 cm³/mol. The van der Waals surface area contributed by atoms with Crippen LogP contribution in [0.15, 0.2) is 24.3 Å². The summed E-state index contributed by atoms with van der Waals surface area (Å²) in [6.45, 7) is 2.82. The van der Waals surface area contributed by atoms with E-state index in [1.807, 2.05) is 0 Å². The summed E-state index contributed by atoms with van der Waals surface area (Å²) < 4.78 is 17.6. The number of halogens is 1. The molecule has 5 nitrogen and oxygen atoms in total. The number of hydrogen-bond acceptors (Lipinski definition) is 4. The molecule has 0 spiro atoms. The highest BCUT2D eigenvalue weighted by Crippen LogP contribution is 2.12. The molecule has 3 N–H and O–H groups in total. The first kappa shape index (κ1) is 16.6. The number of amides is 1. The molecular formula is C14H21FN2O3. The van der Waals surface area contributed by atoms with E-state index in [1.54, 1.807) is 14.0 Å². The molecule has 2 unspecified atom stereocenters.